The summed E-state index contributed by atoms with van der Waals surface area (Å²) in [6.07, 6.45) is 0. The second-order valence-corrected chi connectivity index (χ2v) is 8.60. The van der Waals surface area contributed by atoms with Crippen LogP contribution in [0.15, 0.2) is 40.2 Å². The number of hydrogen-bond acceptors (Lipinski definition) is 3. The Kier molecular flexibility index (Phi) is 5.25. The number of fused-ring (bicyclic) bond motifs is 1. The molecule has 8 heteroatoms. The van der Waals surface area contributed by atoms with Crippen molar-refractivity contribution >= 4 is 49.3 Å². The van der Waals surface area contributed by atoms with Crippen LogP contribution >= 0.6 is 27.3 Å². The standard InChI is InChI=1S/C20H19BrFN3O2S/c1-13(26)23-6-8-24(9-7-23)20(27)17-10-18-19(16(21)12-28-18)25(17)11-14-2-4-15(22)5-3-14/h2-5,10,12H,6-9,11H2,1H3. The molecule has 0 unspecified atom stereocenters. The SMILES string of the molecule is CC(=O)N1CCN(C(=O)c2cc3scc(Br)c3n2Cc2ccc(F)cc2)CC1. The zero-order valence-electron chi connectivity index (χ0n) is 15.3. The summed E-state index contributed by atoms with van der Waals surface area (Å²) in [7, 11) is 0. The first-order valence-electron chi connectivity index (χ1n) is 8.99. The van der Waals surface area contributed by atoms with Crippen LogP contribution in [0.3, 0.4) is 0 Å². The highest BCUT2D eigenvalue weighted by molar-refractivity contribution is 9.10. The molecule has 0 N–H and O–H groups in total. The number of hydrogen-bond donors (Lipinski definition) is 0. The minimum absolute atomic E-state index is 0.0382. The van der Waals surface area contributed by atoms with Gasteiger partial charge in [0.2, 0.25) is 5.91 Å². The number of carbonyl (C=O) groups excluding carboxylic acids is 2. The predicted molar refractivity (Wildman–Crippen MR) is 111 cm³/mol. The fourth-order valence-electron chi connectivity index (χ4n) is 3.53. The molecule has 3 aromatic rings. The van der Waals surface area contributed by atoms with E-state index in [1.165, 1.54) is 12.1 Å². The first-order valence-corrected chi connectivity index (χ1v) is 10.7. The summed E-state index contributed by atoms with van der Waals surface area (Å²) >= 11 is 5.16. The molecule has 28 heavy (non-hydrogen) atoms. The van der Waals surface area contributed by atoms with Crippen LogP contribution in [0.4, 0.5) is 4.39 Å². The molecule has 1 aliphatic rings. The third kappa shape index (κ3) is 3.58. The molecule has 5 nitrogen and oxygen atoms in total. The Bertz CT molecular complexity index is 1040. The molecule has 146 valence electrons. The van der Waals surface area contributed by atoms with Crippen molar-refractivity contribution in [2.75, 3.05) is 26.2 Å². The fraction of sp³-hybridized carbons (Fsp3) is 0.300. The van der Waals surface area contributed by atoms with Crippen molar-refractivity contribution in [3.05, 3.63) is 57.3 Å². The van der Waals surface area contributed by atoms with Gasteiger partial charge in [0.25, 0.3) is 5.91 Å². The lowest BCUT2D eigenvalue weighted by molar-refractivity contribution is -0.130. The number of benzene rings is 1. The molecule has 0 bridgehead atoms. The quantitative estimate of drug-likeness (QED) is 0.589. The maximum Gasteiger partial charge on any atom is 0.270 e. The van der Waals surface area contributed by atoms with Gasteiger partial charge in [-0.3, -0.25) is 9.59 Å². The van der Waals surface area contributed by atoms with Crippen molar-refractivity contribution in [1.29, 1.82) is 0 Å². The predicted octanol–water partition coefficient (Wildman–Crippen LogP) is 3.96. The minimum Gasteiger partial charge on any atom is -0.339 e. The third-order valence-corrected chi connectivity index (χ3v) is 6.89. The van der Waals surface area contributed by atoms with Gasteiger partial charge >= 0.3 is 0 Å². The van der Waals surface area contributed by atoms with Crippen molar-refractivity contribution in [3.8, 4) is 0 Å². The zero-order valence-corrected chi connectivity index (χ0v) is 17.7. The van der Waals surface area contributed by atoms with Crippen LogP contribution in [0.25, 0.3) is 10.2 Å². The number of aromatic nitrogens is 1. The van der Waals surface area contributed by atoms with Crippen molar-refractivity contribution in [1.82, 2.24) is 14.4 Å². The Morgan fingerprint density at radius 2 is 1.75 bits per heavy atom. The van der Waals surface area contributed by atoms with E-state index >= 15 is 0 Å². The third-order valence-electron chi connectivity index (χ3n) is 5.06. The van der Waals surface area contributed by atoms with E-state index in [0.29, 0.717) is 38.4 Å². The lowest BCUT2D eigenvalue weighted by Gasteiger charge is -2.34. The first-order chi connectivity index (χ1) is 13.4. The van der Waals surface area contributed by atoms with Gasteiger partial charge in [0.15, 0.2) is 0 Å². The molecule has 1 saturated heterocycles. The second-order valence-electron chi connectivity index (χ2n) is 6.84. The Balaban J connectivity index is 1.66. The van der Waals surface area contributed by atoms with Gasteiger partial charge in [-0.05, 0) is 39.7 Å². The smallest absolute Gasteiger partial charge is 0.270 e. The van der Waals surface area contributed by atoms with E-state index in [4.69, 9.17) is 0 Å². The number of amides is 2. The van der Waals surface area contributed by atoms with E-state index in [-0.39, 0.29) is 17.6 Å². The Morgan fingerprint density at radius 3 is 2.39 bits per heavy atom. The van der Waals surface area contributed by atoms with E-state index < -0.39 is 0 Å². The van der Waals surface area contributed by atoms with Gasteiger partial charge in [0, 0.05) is 45.0 Å². The van der Waals surface area contributed by atoms with Crippen molar-refractivity contribution in [2.45, 2.75) is 13.5 Å². The van der Waals surface area contributed by atoms with E-state index in [1.807, 2.05) is 16.0 Å². The summed E-state index contributed by atoms with van der Waals surface area (Å²) in [6, 6.07) is 8.26. The summed E-state index contributed by atoms with van der Waals surface area (Å²) in [6.45, 7) is 4.18. The van der Waals surface area contributed by atoms with Gasteiger partial charge in [0.05, 0.1) is 14.7 Å². The summed E-state index contributed by atoms with van der Waals surface area (Å²) < 4.78 is 17.2. The number of carbonyl (C=O) groups is 2. The Morgan fingerprint density at radius 1 is 1.11 bits per heavy atom. The van der Waals surface area contributed by atoms with Crippen molar-refractivity contribution < 1.29 is 14.0 Å². The van der Waals surface area contributed by atoms with Gasteiger partial charge in [-0.1, -0.05) is 12.1 Å². The number of piperazine rings is 1. The number of rotatable bonds is 3. The highest BCUT2D eigenvalue weighted by atomic mass is 79.9. The van der Waals surface area contributed by atoms with Crippen LogP contribution in [-0.4, -0.2) is 52.4 Å². The van der Waals surface area contributed by atoms with Crippen LogP contribution in [0.5, 0.6) is 0 Å². The van der Waals surface area contributed by atoms with E-state index in [2.05, 4.69) is 15.9 Å². The zero-order chi connectivity index (χ0) is 19.8. The lowest BCUT2D eigenvalue weighted by Crippen LogP contribution is -2.50. The Labute approximate surface area is 174 Å². The molecule has 0 radical (unpaired) electrons. The maximum absolute atomic E-state index is 13.3. The molecule has 0 aliphatic carbocycles. The van der Waals surface area contributed by atoms with Gasteiger partial charge < -0.3 is 14.4 Å². The summed E-state index contributed by atoms with van der Waals surface area (Å²) in [5.41, 5.74) is 2.51. The van der Waals surface area contributed by atoms with E-state index in [1.54, 1.807) is 40.2 Å². The molecular weight excluding hydrogens is 445 g/mol. The average Bonchev–Trinajstić information content (AvgIpc) is 3.23. The fourth-order valence-corrected chi connectivity index (χ4v) is 5.22. The minimum atomic E-state index is -0.280. The maximum atomic E-state index is 13.3. The number of nitrogens with zero attached hydrogens (tertiary/aromatic N) is 3. The first kappa shape index (κ1) is 19.1. The molecule has 2 amide bonds. The summed E-state index contributed by atoms with van der Waals surface area (Å²) in [4.78, 5) is 28.3. The highest BCUT2D eigenvalue weighted by Gasteiger charge is 2.27. The molecule has 0 saturated carbocycles. The molecule has 0 spiro atoms. The molecule has 4 rings (SSSR count). The second kappa shape index (κ2) is 7.67. The van der Waals surface area contributed by atoms with Crippen LogP contribution in [0.2, 0.25) is 0 Å². The number of halogens is 2. The van der Waals surface area contributed by atoms with Crippen LogP contribution in [0.1, 0.15) is 23.0 Å². The number of thiophene rings is 1. The highest BCUT2D eigenvalue weighted by Crippen LogP contribution is 2.34. The lowest BCUT2D eigenvalue weighted by atomic mass is 10.2. The molecule has 1 aromatic carbocycles. The van der Waals surface area contributed by atoms with Crippen molar-refractivity contribution in [3.63, 3.8) is 0 Å². The summed E-state index contributed by atoms with van der Waals surface area (Å²) in [5, 5.41) is 2.01. The Hall–Kier alpha value is -2.19. The molecule has 1 aliphatic heterocycles. The van der Waals surface area contributed by atoms with E-state index in [0.717, 1.165) is 20.3 Å². The van der Waals surface area contributed by atoms with Gasteiger partial charge in [-0.2, -0.15) is 0 Å². The van der Waals surface area contributed by atoms with Crippen LogP contribution in [-0.2, 0) is 11.3 Å². The summed E-state index contributed by atoms with van der Waals surface area (Å²) in [5.74, 6) is -0.283. The van der Waals surface area contributed by atoms with E-state index in [9.17, 15) is 14.0 Å². The van der Waals surface area contributed by atoms with Gasteiger partial charge in [-0.15, -0.1) is 11.3 Å². The van der Waals surface area contributed by atoms with Gasteiger partial charge in [-0.25, -0.2) is 4.39 Å². The van der Waals surface area contributed by atoms with Gasteiger partial charge in [0.1, 0.15) is 11.5 Å². The van der Waals surface area contributed by atoms with Crippen LogP contribution in [0, 0.1) is 5.82 Å². The molecule has 1 fully saturated rings. The van der Waals surface area contributed by atoms with Crippen LogP contribution < -0.4 is 0 Å². The largest absolute Gasteiger partial charge is 0.339 e. The van der Waals surface area contributed by atoms with Crippen molar-refractivity contribution in [2.24, 2.45) is 0 Å². The topological polar surface area (TPSA) is 45.6 Å². The molecule has 2 aromatic heterocycles. The molecule has 0 atom stereocenters. The molecule has 3 heterocycles. The normalized spacial score (nSPS) is 14.7. The molecular formula is C20H19BrFN3O2S. The average molecular weight is 464 g/mol. The monoisotopic (exact) mass is 463 g/mol.